The fraction of sp³-hybridized carbons (Fsp3) is 0. The van der Waals surface area contributed by atoms with Crippen LogP contribution in [-0.2, 0) is 21.1 Å². The Kier molecular flexibility index (Phi) is 7.39. The first-order chi connectivity index (χ1) is 17.9. The van der Waals surface area contributed by atoms with Crippen LogP contribution in [0.15, 0.2) is 134 Å². The van der Waals surface area contributed by atoms with E-state index < -0.39 is 0 Å². The van der Waals surface area contributed by atoms with Gasteiger partial charge >= 0.3 is 21.1 Å². The third kappa shape index (κ3) is 5.16. The molecule has 5 aromatic carbocycles. The van der Waals surface area contributed by atoms with Gasteiger partial charge in [0.05, 0.1) is 0 Å². The average molecular weight is 658 g/mol. The Bertz CT molecular complexity index is 1620. The van der Waals surface area contributed by atoms with Crippen LogP contribution in [0.4, 0.5) is 0 Å². The monoisotopic (exact) mass is 657 g/mol. The van der Waals surface area contributed by atoms with E-state index in [0.717, 1.165) is 11.4 Å². The zero-order valence-electron chi connectivity index (χ0n) is 19.8. The summed E-state index contributed by atoms with van der Waals surface area (Å²) in [7, 11) is 0. The molecule has 0 bridgehead atoms. The molecule has 0 fully saturated rings. The van der Waals surface area contributed by atoms with E-state index >= 15 is 0 Å². The molecule has 2 aromatic heterocycles. The van der Waals surface area contributed by atoms with Crippen molar-refractivity contribution in [2.45, 2.75) is 0 Å². The third-order valence-corrected chi connectivity index (χ3v) is 5.99. The molecule has 5 heteroatoms. The van der Waals surface area contributed by atoms with E-state index in [4.69, 9.17) is 0 Å². The van der Waals surface area contributed by atoms with Gasteiger partial charge in [0.2, 0.25) is 0 Å². The largest absolute Gasteiger partial charge is 2.00 e. The van der Waals surface area contributed by atoms with Crippen molar-refractivity contribution in [1.82, 2.24) is 19.6 Å². The van der Waals surface area contributed by atoms with Crippen LogP contribution in [0, 0.1) is 12.1 Å². The zero-order valence-corrected chi connectivity index (χ0v) is 22.1. The van der Waals surface area contributed by atoms with Crippen molar-refractivity contribution < 1.29 is 21.1 Å². The predicted octanol–water partition coefficient (Wildman–Crippen LogP) is 7.32. The Morgan fingerprint density at radius 2 is 1.00 bits per heavy atom. The predicted molar refractivity (Wildman–Crippen MR) is 145 cm³/mol. The normalized spacial score (nSPS) is 10.5. The van der Waals surface area contributed by atoms with E-state index in [1.165, 1.54) is 32.7 Å². The van der Waals surface area contributed by atoms with Crippen LogP contribution in [0.3, 0.4) is 0 Å². The smallest absolute Gasteiger partial charge is 0.266 e. The van der Waals surface area contributed by atoms with Crippen LogP contribution in [-0.4, -0.2) is 19.6 Å². The maximum absolute atomic E-state index is 4.16. The van der Waals surface area contributed by atoms with Gasteiger partial charge in [0.15, 0.2) is 0 Å². The molecule has 0 atom stereocenters. The molecule has 0 spiro atoms. The number of benzene rings is 5. The minimum Gasteiger partial charge on any atom is -0.266 e. The second-order valence-corrected chi connectivity index (χ2v) is 8.28. The summed E-state index contributed by atoms with van der Waals surface area (Å²) >= 11 is 0. The van der Waals surface area contributed by atoms with Gasteiger partial charge in [-0.15, -0.1) is 47.2 Å². The molecule has 0 N–H and O–H groups in total. The standard InChI is InChI=1S/C20H13.C12H9N4.Pt/c1-2-8-15(9-3-1)20-18-12-6-4-10-16(18)14-17-11-5-7-13-19(17)20;1-4-11(15-8-2-6-13-15)10-12(5-1)16-9-3-7-14-16;/h1-13H;1-9H;/q2*-1;+2. The van der Waals surface area contributed by atoms with Crippen LogP contribution in [0.2, 0.25) is 0 Å². The van der Waals surface area contributed by atoms with E-state index in [1.807, 2.05) is 42.7 Å². The van der Waals surface area contributed by atoms with Gasteiger partial charge in [-0.25, -0.2) is 0 Å². The summed E-state index contributed by atoms with van der Waals surface area (Å²) in [4.78, 5) is 0. The Morgan fingerprint density at radius 1 is 0.486 bits per heavy atom. The maximum atomic E-state index is 4.16. The molecule has 0 unspecified atom stereocenters. The van der Waals surface area contributed by atoms with Crippen molar-refractivity contribution in [1.29, 1.82) is 0 Å². The number of hydrogen-bond donors (Lipinski definition) is 0. The molecule has 0 amide bonds. The van der Waals surface area contributed by atoms with Crippen LogP contribution >= 0.6 is 0 Å². The van der Waals surface area contributed by atoms with E-state index in [-0.39, 0.29) is 21.1 Å². The summed E-state index contributed by atoms with van der Waals surface area (Å²) in [6.45, 7) is 0. The minimum absolute atomic E-state index is 0. The molecule has 0 saturated carbocycles. The fourth-order valence-corrected chi connectivity index (χ4v) is 4.36. The first-order valence-electron chi connectivity index (χ1n) is 11.8. The summed E-state index contributed by atoms with van der Waals surface area (Å²) in [6.07, 6.45) is 7.26. The molecule has 37 heavy (non-hydrogen) atoms. The number of rotatable bonds is 3. The molecular weight excluding hydrogens is 635 g/mol. The summed E-state index contributed by atoms with van der Waals surface area (Å²) in [5.41, 5.74) is 4.36. The molecule has 7 rings (SSSR count). The Hall–Kier alpha value is -4.27. The fourth-order valence-electron chi connectivity index (χ4n) is 4.36. The number of nitrogens with zero attached hydrogens (tertiary/aromatic N) is 4. The molecule has 0 aliphatic heterocycles. The van der Waals surface area contributed by atoms with Gasteiger partial charge in [0.1, 0.15) is 0 Å². The van der Waals surface area contributed by atoms with Crippen molar-refractivity contribution in [3.63, 3.8) is 0 Å². The van der Waals surface area contributed by atoms with Crippen LogP contribution in [0.25, 0.3) is 44.0 Å². The number of aromatic nitrogens is 4. The van der Waals surface area contributed by atoms with Gasteiger partial charge < -0.3 is 0 Å². The summed E-state index contributed by atoms with van der Waals surface area (Å²) in [5.74, 6) is 0. The van der Waals surface area contributed by atoms with E-state index in [9.17, 15) is 0 Å². The molecule has 180 valence electrons. The molecule has 4 nitrogen and oxygen atoms in total. The van der Waals surface area contributed by atoms with Crippen LogP contribution in [0.5, 0.6) is 0 Å². The van der Waals surface area contributed by atoms with Gasteiger partial charge in [0, 0.05) is 24.8 Å². The van der Waals surface area contributed by atoms with Crippen molar-refractivity contribution in [3.05, 3.63) is 146 Å². The Labute approximate surface area is 230 Å². The van der Waals surface area contributed by atoms with Gasteiger partial charge in [-0.2, -0.15) is 16.3 Å². The number of fused-ring (bicyclic) bond motifs is 2. The molecule has 2 heterocycles. The second kappa shape index (κ2) is 11.2. The van der Waals surface area contributed by atoms with Crippen LogP contribution in [0.1, 0.15) is 0 Å². The summed E-state index contributed by atoms with van der Waals surface area (Å²) < 4.78 is 3.54. The van der Waals surface area contributed by atoms with E-state index in [1.54, 1.807) is 21.8 Å². The first-order valence-corrected chi connectivity index (χ1v) is 11.8. The Balaban J connectivity index is 0.000000151. The zero-order chi connectivity index (χ0) is 24.2. The van der Waals surface area contributed by atoms with Crippen molar-refractivity contribution in [3.8, 4) is 22.5 Å². The molecule has 0 radical (unpaired) electrons. The average Bonchev–Trinajstić information content (AvgIpc) is 3.68. The first kappa shape index (κ1) is 24.4. The van der Waals surface area contributed by atoms with Crippen LogP contribution < -0.4 is 0 Å². The quantitative estimate of drug-likeness (QED) is 0.148. The SMILES string of the molecule is [Pt+2].[c-]1c(-n2cccn2)cccc1-n1cccn1.[c-]1c2ccccc2c(-c2ccccc2)c2ccccc12. The summed E-state index contributed by atoms with van der Waals surface area (Å²) in [5, 5.41) is 13.2. The second-order valence-electron chi connectivity index (χ2n) is 8.28. The molecule has 0 aliphatic rings. The Morgan fingerprint density at radius 3 is 1.51 bits per heavy atom. The molecule has 7 aromatic rings. The minimum atomic E-state index is 0. The molecule has 0 saturated heterocycles. The topological polar surface area (TPSA) is 35.6 Å². The van der Waals surface area contributed by atoms with Crippen molar-refractivity contribution >= 4 is 21.5 Å². The van der Waals surface area contributed by atoms with Crippen molar-refractivity contribution in [2.75, 3.05) is 0 Å². The van der Waals surface area contributed by atoms with Gasteiger partial charge in [0.25, 0.3) is 0 Å². The molecule has 0 aliphatic carbocycles. The third-order valence-electron chi connectivity index (χ3n) is 5.99. The molecular formula is C32H22N4Pt. The van der Waals surface area contributed by atoms with E-state index in [2.05, 4.69) is 101 Å². The maximum Gasteiger partial charge on any atom is 2.00 e. The number of hydrogen-bond acceptors (Lipinski definition) is 2. The van der Waals surface area contributed by atoms with Crippen molar-refractivity contribution in [2.24, 2.45) is 0 Å². The summed E-state index contributed by atoms with van der Waals surface area (Å²) in [6, 6.07) is 44.0. The van der Waals surface area contributed by atoms with Gasteiger partial charge in [-0.3, -0.25) is 9.36 Å². The van der Waals surface area contributed by atoms with Gasteiger partial charge in [-0.1, -0.05) is 83.1 Å². The van der Waals surface area contributed by atoms with E-state index in [0.29, 0.717) is 0 Å². The van der Waals surface area contributed by atoms with Gasteiger partial charge in [-0.05, 0) is 29.1 Å².